The summed E-state index contributed by atoms with van der Waals surface area (Å²) in [6.45, 7) is 5.33. The zero-order valence-corrected chi connectivity index (χ0v) is 13.7. The van der Waals surface area contributed by atoms with Crippen molar-refractivity contribution in [1.82, 2.24) is 19.4 Å². The van der Waals surface area contributed by atoms with Gasteiger partial charge >= 0.3 is 10.2 Å². The maximum atomic E-state index is 12.2. The standard InChI is InChI=1S/C13H25N5O2S/c1-11(2)18-10-13(9-15-18)16-21(19,20)17(3)8-4-7-14-12-5-6-12/h9-12,14,16H,4-8H2,1-3H3. The smallest absolute Gasteiger partial charge is 0.301 e. The van der Waals surface area contributed by atoms with E-state index in [1.54, 1.807) is 17.9 Å². The minimum absolute atomic E-state index is 0.203. The molecular weight excluding hydrogens is 290 g/mol. The summed E-state index contributed by atoms with van der Waals surface area (Å²) in [4.78, 5) is 0. The first kappa shape index (κ1) is 16.3. The van der Waals surface area contributed by atoms with Crippen molar-refractivity contribution in [2.75, 3.05) is 24.9 Å². The average Bonchev–Trinajstić information content (AvgIpc) is 3.12. The summed E-state index contributed by atoms with van der Waals surface area (Å²) in [6.07, 6.45) is 6.52. The van der Waals surface area contributed by atoms with Gasteiger partial charge in [-0.15, -0.1) is 0 Å². The largest absolute Gasteiger partial charge is 0.314 e. The van der Waals surface area contributed by atoms with Crippen LogP contribution in [0.4, 0.5) is 5.69 Å². The van der Waals surface area contributed by atoms with Crippen molar-refractivity contribution in [3.63, 3.8) is 0 Å². The lowest BCUT2D eigenvalue weighted by atomic mass is 10.4. The number of nitrogens with one attached hydrogen (secondary N) is 2. The molecule has 0 bridgehead atoms. The number of anilines is 1. The minimum atomic E-state index is -3.51. The highest BCUT2D eigenvalue weighted by molar-refractivity contribution is 7.90. The highest BCUT2D eigenvalue weighted by atomic mass is 32.2. The summed E-state index contributed by atoms with van der Waals surface area (Å²) >= 11 is 0. The molecule has 1 saturated carbocycles. The molecule has 7 nitrogen and oxygen atoms in total. The molecule has 0 aliphatic heterocycles. The van der Waals surface area contributed by atoms with Crippen molar-refractivity contribution in [3.8, 4) is 0 Å². The van der Waals surface area contributed by atoms with Crippen LogP contribution in [0.3, 0.4) is 0 Å². The molecule has 2 rings (SSSR count). The molecular formula is C13H25N5O2S. The van der Waals surface area contributed by atoms with E-state index in [0.29, 0.717) is 18.3 Å². The van der Waals surface area contributed by atoms with Gasteiger partial charge in [0.1, 0.15) is 0 Å². The Hall–Kier alpha value is -1.12. The van der Waals surface area contributed by atoms with Crippen molar-refractivity contribution >= 4 is 15.9 Å². The first-order valence-corrected chi connectivity index (χ1v) is 8.84. The van der Waals surface area contributed by atoms with Crippen LogP contribution in [0.25, 0.3) is 0 Å². The molecule has 1 heterocycles. The van der Waals surface area contributed by atoms with Gasteiger partial charge in [0.15, 0.2) is 0 Å². The first-order chi connectivity index (χ1) is 9.88. The molecule has 0 radical (unpaired) electrons. The van der Waals surface area contributed by atoms with Crippen LogP contribution < -0.4 is 10.0 Å². The third-order valence-electron chi connectivity index (χ3n) is 3.45. The first-order valence-electron chi connectivity index (χ1n) is 7.40. The average molecular weight is 315 g/mol. The lowest BCUT2D eigenvalue weighted by molar-refractivity contribution is 0.458. The maximum Gasteiger partial charge on any atom is 0.301 e. The van der Waals surface area contributed by atoms with Crippen molar-refractivity contribution in [1.29, 1.82) is 0 Å². The summed E-state index contributed by atoms with van der Waals surface area (Å²) in [6, 6.07) is 0.862. The second kappa shape index (κ2) is 6.76. The molecule has 1 aliphatic carbocycles. The van der Waals surface area contributed by atoms with Gasteiger partial charge in [-0.25, -0.2) is 0 Å². The van der Waals surface area contributed by atoms with E-state index in [1.807, 2.05) is 13.8 Å². The highest BCUT2D eigenvalue weighted by Gasteiger charge is 2.21. The fourth-order valence-electron chi connectivity index (χ4n) is 1.92. The van der Waals surface area contributed by atoms with Crippen LogP contribution in [0.15, 0.2) is 12.4 Å². The molecule has 8 heteroatoms. The minimum Gasteiger partial charge on any atom is -0.314 e. The molecule has 1 fully saturated rings. The van der Waals surface area contributed by atoms with Gasteiger partial charge in [-0.1, -0.05) is 0 Å². The van der Waals surface area contributed by atoms with Gasteiger partial charge in [-0.05, 0) is 39.7 Å². The van der Waals surface area contributed by atoms with Gasteiger partial charge in [-0.2, -0.15) is 17.8 Å². The van der Waals surface area contributed by atoms with Crippen molar-refractivity contribution < 1.29 is 8.42 Å². The topological polar surface area (TPSA) is 79.3 Å². The van der Waals surface area contributed by atoms with Gasteiger partial charge < -0.3 is 5.32 Å². The predicted molar refractivity (Wildman–Crippen MR) is 83.4 cm³/mol. The van der Waals surface area contributed by atoms with Crippen molar-refractivity contribution in [3.05, 3.63) is 12.4 Å². The molecule has 1 aliphatic rings. The maximum absolute atomic E-state index is 12.2. The molecule has 1 aromatic heterocycles. The lowest BCUT2D eigenvalue weighted by Crippen LogP contribution is -2.34. The van der Waals surface area contributed by atoms with E-state index in [0.717, 1.165) is 13.0 Å². The second-order valence-electron chi connectivity index (χ2n) is 5.81. The number of rotatable bonds is 9. The van der Waals surface area contributed by atoms with E-state index in [2.05, 4.69) is 15.1 Å². The lowest BCUT2D eigenvalue weighted by Gasteiger charge is -2.17. The van der Waals surface area contributed by atoms with Crippen LogP contribution in [0, 0.1) is 0 Å². The second-order valence-corrected chi connectivity index (χ2v) is 7.59. The van der Waals surface area contributed by atoms with E-state index in [9.17, 15) is 8.42 Å². The molecule has 0 unspecified atom stereocenters. The van der Waals surface area contributed by atoms with E-state index < -0.39 is 10.2 Å². The van der Waals surface area contributed by atoms with Crippen LogP contribution in [0.1, 0.15) is 39.2 Å². The Bertz CT molecular complexity index is 551. The quantitative estimate of drug-likeness (QED) is 0.671. The Morgan fingerprint density at radius 2 is 2.19 bits per heavy atom. The number of nitrogens with zero attached hydrogens (tertiary/aromatic N) is 3. The molecule has 2 N–H and O–H groups in total. The van der Waals surface area contributed by atoms with E-state index in [4.69, 9.17) is 0 Å². The van der Waals surface area contributed by atoms with Gasteiger partial charge in [0.25, 0.3) is 0 Å². The third kappa shape index (κ3) is 4.98. The van der Waals surface area contributed by atoms with E-state index in [-0.39, 0.29) is 6.04 Å². The van der Waals surface area contributed by atoms with Gasteiger partial charge in [0, 0.05) is 31.9 Å². The number of hydrogen-bond donors (Lipinski definition) is 2. The van der Waals surface area contributed by atoms with E-state index in [1.165, 1.54) is 23.3 Å². The predicted octanol–water partition coefficient (Wildman–Crippen LogP) is 1.19. The normalized spacial score (nSPS) is 15.9. The summed E-state index contributed by atoms with van der Waals surface area (Å²) in [5.41, 5.74) is 0.492. The molecule has 0 aromatic carbocycles. The Labute approximate surface area is 126 Å². The van der Waals surface area contributed by atoms with Crippen LogP contribution in [0.2, 0.25) is 0 Å². The summed E-state index contributed by atoms with van der Waals surface area (Å²) in [7, 11) is -1.92. The molecule has 0 amide bonds. The van der Waals surface area contributed by atoms with Crippen LogP contribution in [0.5, 0.6) is 0 Å². The fourth-order valence-corrected chi connectivity index (χ4v) is 2.84. The van der Waals surface area contributed by atoms with Crippen LogP contribution in [-0.2, 0) is 10.2 Å². The van der Waals surface area contributed by atoms with Crippen molar-refractivity contribution in [2.45, 2.75) is 45.2 Å². The SMILES string of the molecule is CC(C)n1cc(NS(=O)(=O)N(C)CCCNC2CC2)cn1. The van der Waals surface area contributed by atoms with Crippen LogP contribution >= 0.6 is 0 Å². The zero-order chi connectivity index (χ0) is 15.5. The Morgan fingerprint density at radius 1 is 1.48 bits per heavy atom. The fraction of sp³-hybridized carbons (Fsp3) is 0.769. The molecule has 0 saturated heterocycles. The van der Waals surface area contributed by atoms with Crippen LogP contribution in [-0.4, -0.2) is 48.7 Å². The monoisotopic (exact) mass is 315 g/mol. The Morgan fingerprint density at radius 3 is 2.76 bits per heavy atom. The van der Waals surface area contributed by atoms with Gasteiger partial charge in [-0.3, -0.25) is 9.40 Å². The van der Waals surface area contributed by atoms with E-state index >= 15 is 0 Å². The summed E-state index contributed by atoms with van der Waals surface area (Å²) in [5.74, 6) is 0. The molecule has 21 heavy (non-hydrogen) atoms. The molecule has 0 atom stereocenters. The Balaban J connectivity index is 1.80. The summed E-state index contributed by atoms with van der Waals surface area (Å²) < 4.78 is 30.0. The molecule has 0 spiro atoms. The zero-order valence-electron chi connectivity index (χ0n) is 12.9. The summed E-state index contributed by atoms with van der Waals surface area (Å²) in [5, 5.41) is 7.50. The number of aromatic nitrogens is 2. The molecule has 1 aromatic rings. The van der Waals surface area contributed by atoms with Crippen molar-refractivity contribution in [2.24, 2.45) is 0 Å². The third-order valence-corrected chi connectivity index (χ3v) is 4.94. The van der Waals surface area contributed by atoms with Gasteiger partial charge in [0.05, 0.1) is 11.9 Å². The number of hydrogen-bond acceptors (Lipinski definition) is 4. The highest BCUT2D eigenvalue weighted by Crippen LogP contribution is 2.18. The Kier molecular flexibility index (Phi) is 5.23. The molecule has 120 valence electrons. The van der Waals surface area contributed by atoms with Gasteiger partial charge in [0.2, 0.25) is 0 Å².